The van der Waals surface area contributed by atoms with Gasteiger partial charge in [0.05, 0.1) is 0 Å². The maximum absolute atomic E-state index is 12.3. The highest BCUT2D eigenvalue weighted by atomic mass is 35.5. The predicted octanol–water partition coefficient (Wildman–Crippen LogP) is 4.37. The molecule has 0 spiro atoms. The zero-order valence-corrected chi connectivity index (χ0v) is 12.8. The summed E-state index contributed by atoms with van der Waals surface area (Å²) in [6.45, 7) is 0. The number of nitrogens with zero attached hydrogens (tertiary/aromatic N) is 1. The van der Waals surface area contributed by atoms with Gasteiger partial charge in [-0.15, -0.1) is 0 Å². The van der Waals surface area contributed by atoms with Gasteiger partial charge in [-0.25, -0.2) is 0 Å². The van der Waals surface area contributed by atoms with Gasteiger partial charge in [0.15, 0.2) is 0 Å². The summed E-state index contributed by atoms with van der Waals surface area (Å²) in [5, 5.41) is 13.4. The maximum Gasteiger partial charge on any atom is 0.266 e. The van der Waals surface area contributed by atoms with Crippen molar-refractivity contribution >= 4 is 40.2 Å². The van der Waals surface area contributed by atoms with Gasteiger partial charge in [0.1, 0.15) is 11.6 Å². The van der Waals surface area contributed by atoms with E-state index in [1.54, 1.807) is 36.5 Å². The van der Waals surface area contributed by atoms with Crippen LogP contribution < -0.4 is 5.32 Å². The Labute approximate surface area is 138 Å². The van der Waals surface area contributed by atoms with Gasteiger partial charge in [-0.05, 0) is 30.3 Å². The Morgan fingerprint density at radius 3 is 2.83 bits per heavy atom. The van der Waals surface area contributed by atoms with Crippen molar-refractivity contribution in [3.05, 3.63) is 70.9 Å². The molecule has 5 heteroatoms. The summed E-state index contributed by atoms with van der Waals surface area (Å²) in [4.78, 5) is 15.4. The van der Waals surface area contributed by atoms with E-state index in [2.05, 4.69) is 10.3 Å². The van der Waals surface area contributed by atoms with Gasteiger partial charge in [-0.1, -0.05) is 35.9 Å². The highest BCUT2D eigenvalue weighted by Crippen LogP contribution is 2.21. The summed E-state index contributed by atoms with van der Waals surface area (Å²) >= 11 is 5.89. The highest BCUT2D eigenvalue weighted by Gasteiger charge is 2.11. The van der Waals surface area contributed by atoms with Gasteiger partial charge in [0, 0.05) is 33.4 Å². The lowest BCUT2D eigenvalue weighted by Crippen LogP contribution is -2.13. The molecule has 0 saturated carbocycles. The van der Waals surface area contributed by atoms with Crippen LogP contribution in [-0.2, 0) is 4.79 Å². The standard InChI is InChI=1S/C18H12ClN3O/c19-14-4-3-5-15(9-14)22-18(23)12(10-20)8-13-11-21-17-7-2-1-6-16(13)17/h1-9,11,21H,(H,22,23). The van der Waals surface area contributed by atoms with Crippen LogP contribution in [0.3, 0.4) is 0 Å². The first-order chi connectivity index (χ1) is 11.2. The molecule has 0 atom stereocenters. The number of amides is 1. The van der Waals surface area contributed by atoms with Crippen molar-refractivity contribution in [2.24, 2.45) is 0 Å². The summed E-state index contributed by atoms with van der Waals surface area (Å²) in [7, 11) is 0. The van der Waals surface area contributed by atoms with Crippen molar-refractivity contribution in [1.29, 1.82) is 5.26 Å². The van der Waals surface area contributed by atoms with Gasteiger partial charge < -0.3 is 10.3 Å². The molecule has 0 aliphatic heterocycles. The van der Waals surface area contributed by atoms with Crippen LogP contribution >= 0.6 is 11.6 Å². The third-order valence-corrected chi connectivity index (χ3v) is 3.60. The monoisotopic (exact) mass is 321 g/mol. The number of nitriles is 1. The zero-order valence-electron chi connectivity index (χ0n) is 12.0. The van der Waals surface area contributed by atoms with E-state index in [9.17, 15) is 10.1 Å². The Hall–Kier alpha value is -3.03. The molecule has 1 heterocycles. The van der Waals surface area contributed by atoms with Crippen molar-refractivity contribution in [2.45, 2.75) is 0 Å². The maximum atomic E-state index is 12.3. The fraction of sp³-hybridized carbons (Fsp3) is 0. The summed E-state index contributed by atoms with van der Waals surface area (Å²) in [5.41, 5.74) is 2.31. The molecule has 0 aliphatic carbocycles. The Morgan fingerprint density at radius 2 is 2.04 bits per heavy atom. The fourth-order valence-corrected chi connectivity index (χ4v) is 2.47. The number of rotatable bonds is 3. The van der Waals surface area contributed by atoms with E-state index in [1.807, 2.05) is 30.3 Å². The van der Waals surface area contributed by atoms with Crippen LogP contribution in [0.1, 0.15) is 5.56 Å². The van der Waals surface area contributed by atoms with E-state index >= 15 is 0 Å². The lowest BCUT2D eigenvalue weighted by Gasteiger charge is -2.04. The molecule has 0 fully saturated rings. The number of hydrogen-bond donors (Lipinski definition) is 2. The SMILES string of the molecule is N#CC(=Cc1c[nH]c2ccccc12)C(=O)Nc1cccc(Cl)c1. The first-order valence-electron chi connectivity index (χ1n) is 6.92. The molecule has 1 amide bonds. The molecule has 0 saturated heterocycles. The Balaban J connectivity index is 1.90. The van der Waals surface area contributed by atoms with E-state index < -0.39 is 5.91 Å². The summed E-state index contributed by atoms with van der Waals surface area (Å²) in [6, 6.07) is 16.4. The third-order valence-electron chi connectivity index (χ3n) is 3.37. The van der Waals surface area contributed by atoms with Crippen molar-refractivity contribution in [3.63, 3.8) is 0 Å². The molecule has 0 aliphatic rings. The van der Waals surface area contributed by atoms with Crippen LogP contribution in [0.15, 0.2) is 60.3 Å². The molecule has 0 bridgehead atoms. The Kier molecular flexibility index (Phi) is 4.13. The van der Waals surface area contributed by atoms with E-state index in [0.717, 1.165) is 16.5 Å². The topological polar surface area (TPSA) is 68.7 Å². The van der Waals surface area contributed by atoms with E-state index in [4.69, 9.17) is 11.6 Å². The van der Waals surface area contributed by atoms with Gasteiger partial charge in [0.25, 0.3) is 5.91 Å². The lowest BCUT2D eigenvalue weighted by atomic mass is 10.1. The van der Waals surface area contributed by atoms with Crippen molar-refractivity contribution in [1.82, 2.24) is 4.98 Å². The second kappa shape index (κ2) is 6.39. The molecule has 4 nitrogen and oxygen atoms in total. The number of para-hydroxylation sites is 1. The summed E-state index contributed by atoms with van der Waals surface area (Å²) < 4.78 is 0. The lowest BCUT2D eigenvalue weighted by molar-refractivity contribution is -0.112. The number of carbonyl (C=O) groups excluding carboxylic acids is 1. The minimum absolute atomic E-state index is 0.0229. The molecular weight excluding hydrogens is 310 g/mol. The molecule has 1 aromatic heterocycles. The van der Waals surface area contributed by atoms with E-state index in [-0.39, 0.29) is 5.57 Å². The zero-order chi connectivity index (χ0) is 16.2. The number of H-pyrrole nitrogens is 1. The average molecular weight is 322 g/mol. The number of benzene rings is 2. The Bertz CT molecular complexity index is 950. The Morgan fingerprint density at radius 1 is 1.22 bits per heavy atom. The number of aromatic amines is 1. The summed E-state index contributed by atoms with van der Waals surface area (Å²) in [6.07, 6.45) is 3.34. The smallest absolute Gasteiger partial charge is 0.266 e. The first kappa shape index (κ1) is 14.9. The molecule has 112 valence electrons. The fourth-order valence-electron chi connectivity index (χ4n) is 2.28. The molecule has 0 radical (unpaired) electrons. The second-order valence-electron chi connectivity index (χ2n) is 4.92. The molecule has 23 heavy (non-hydrogen) atoms. The second-order valence-corrected chi connectivity index (χ2v) is 5.36. The number of carbonyl (C=O) groups is 1. The van der Waals surface area contributed by atoms with Gasteiger partial charge in [-0.2, -0.15) is 5.26 Å². The van der Waals surface area contributed by atoms with Crippen LogP contribution in [0, 0.1) is 11.3 Å². The normalized spacial score (nSPS) is 11.2. The molecule has 2 aromatic carbocycles. The molecular formula is C18H12ClN3O. The number of halogens is 1. The van der Waals surface area contributed by atoms with Crippen molar-refractivity contribution in [3.8, 4) is 6.07 Å². The van der Waals surface area contributed by atoms with E-state index in [0.29, 0.717) is 10.7 Å². The summed E-state index contributed by atoms with van der Waals surface area (Å²) in [5.74, 6) is -0.472. The van der Waals surface area contributed by atoms with Crippen LogP contribution in [-0.4, -0.2) is 10.9 Å². The first-order valence-corrected chi connectivity index (χ1v) is 7.30. The molecule has 0 unspecified atom stereocenters. The largest absolute Gasteiger partial charge is 0.361 e. The van der Waals surface area contributed by atoms with Crippen LogP contribution in [0.5, 0.6) is 0 Å². The van der Waals surface area contributed by atoms with Gasteiger partial charge in [0.2, 0.25) is 0 Å². The molecule has 3 aromatic rings. The number of fused-ring (bicyclic) bond motifs is 1. The quantitative estimate of drug-likeness (QED) is 0.555. The van der Waals surface area contributed by atoms with Crippen LogP contribution in [0.4, 0.5) is 5.69 Å². The minimum atomic E-state index is -0.472. The number of nitrogens with one attached hydrogen (secondary N) is 2. The third kappa shape index (κ3) is 3.25. The molecule has 3 rings (SSSR count). The van der Waals surface area contributed by atoms with Crippen LogP contribution in [0.2, 0.25) is 5.02 Å². The predicted molar refractivity (Wildman–Crippen MR) is 92.0 cm³/mol. The average Bonchev–Trinajstić information content (AvgIpc) is 2.95. The highest BCUT2D eigenvalue weighted by molar-refractivity contribution is 6.31. The minimum Gasteiger partial charge on any atom is -0.361 e. The van der Waals surface area contributed by atoms with Crippen LogP contribution in [0.25, 0.3) is 17.0 Å². The van der Waals surface area contributed by atoms with Gasteiger partial charge in [-0.3, -0.25) is 4.79 Å². The van der Waals surface area contributed by atoms with Crippen molar-refractivity contribution in [2.75, 3.05) is 5.32 Å². The van der Waals surface area contributed by atoms with Crippen molar-refractivity contribution < 1.29 is 4.79 Å². The number of hydrogen-bond acceptors (Lipinski definition) is 2. The number of anilines is 1. The van der Waals surface area contributed by atoms with E-state index in [1.165, 1.54) is 0 Å². The molecule has 2 N–H and O–H groups in total. The number of aromatic nitrogens is 1. The van der Waals surface area contributed by atoms with Gasteiger partial charge >= 0.3 is 0 Å².